The van der Waals surface area contributed by atoms with E-state index in [2.05, 4.69) is 11.8 Å². The zero-order valence-corrected chi connectivity index (χ0v) is 9.04. The van der Waals surface area contributed by atoms with Gasteiger partial charge in [0, 0.05) is 17.7 Å². The molecule has 1 aliphatic heterocycles. The average molecular weight is 231 g/mol. The Balaban J connectivity index is 2.07. The predicted molar refractivity (Wildman–Crippen MR) is 59.0 cm³/mol. The van der Waals surface area contributed by atoms with Crippen LogP contribution in [-0.4, -0.2) is 17.0 Å². The van der Waals surface area contributed by atoms with Gasteiger partial charge in [0.15, 0.2) is 6.10 Å². The van der Waals surface area contributed by atoms with Crippen molar-refractivity contribution >= 4 is 11.7 Å². The lowest BCUT2D eigenvalue weighted by Gasteiger charge is -2.27. The Bertz CT molecular complexity index is 524. The summed E-state index contributed by atoms with van der Waals surface area (Å²) < 4.78 is 4.81. The number of non-ortho nitro benzene ring substituents is 1. The maximum absolute atomic E-state index is 10.8. The van der Waals surface area contributed by atoms with E-state index in [0.29, 0.717) is 5.56 Å². The van der Waals surface area contributed by atoms with Gasteiger partial charge < -0.3 is 4.74 Å². The SMILES string of the molecule is C[C@H]1C(=O)O[C@H]1C#Cc1ccc([N+](=O)[O-])cc1. The Kier molecular flexibility index (Phi) is 2.79. The van der Waals surface area contributed by atoms with Crippen molar-refractivity contribution in [3.05, 3.63) is 39.9 Å². The lowest BCUT2D eigenvalue weighted by atomic mass is 10.00. The number of benzene rings is 1. The summed E-state index contributed by atoms with van der Waals surface area (Å²) in [5, 5.41) is 10.4. The molecule has 0 amide bonds. The quantitative estimate of drug-likeness (QED) is 0.318. The zero-order chi connectivity index (χ0) is 12.4. The van der Waals surface area contributed by atoms with Crippen LogP contribution in [0.15, 0.2) is 24.3 Å². The van der Waals surface area contributed by atoms with Crippen molar-refractivity contribution in [2.75, 3.05) is 0 Å². The Hall–Kier alpha value is -2.35. The number of nitro benzene ring substituents is 1. The molecule has 2 rings (SSSR count). The molecule has 5 nitrogen and oxygen atoms in total. The van der Waals surface area contributed by atoms with E-state index in [1.807, 2.05) is 0 Å². The maximum Gasteiger partial charge on any atom is 0.314 e. The number of rotatable bonds is 1. The number of nitro groups is 1. The average Bonchev–Trinajstić information content (AvgIpc) is 2.34. The molecule has 2 atom stereocenters. The van der Waals surface area contributed by atoms with E-state index in [0.717, 1.165) is 0 Å². The van der Waals surface area contributed by atoms with Crippen LogP contribution in [0.5, 0.6) is 0 Å². The van der Waals surface area contributed by atoms with Crippen LogP contribution >= 0.6 is 0 Å². The Morgan fingerprint density at radius 3 is 2.47 bits per heavy atom. The molecule has 5 heteroatoms. The lowest BCUT2D eigenvalue weighted by molar-refractivity contribution is -0.384. The van der Waals surface area contributed by atoms with Gasteiger partial charge in [0.05, 0.1) is 4.92 Å². The highest BCUT2D eigenvalue weighted by molar-refractivity contribution is 5.79. The van der Waals surface area contributed by atoms with E-state index in [1.165, 1.54) is 12.1 Å². The third-order valence-corrected chi connectivity index (χ3v) is 2.51. The molecule has 0 unspecified atom stereocenters. The van der Waals surface area contributed by atoms with E-state index in [9.17, 15) is 14.9 Å². The van der Waals surface area contributed by atoms with E-state index in [4.69, 9.17) is 4.74 Å². The Labute approximate surface area is 97.5 Å². The van der Waals surface area contributed by atoms with Gasteiger partial charge in [-0.15, -0.1) is 0 Å². The van der Waals surface area contributed by atoms with Gasteiger partial charge in [-0.05, 0) is 19.1 Å². The van der Waals surface area contributed by atoms with Crippen molar-refractivity contribution in [3.63, 3.8) is 0 Å². The summed E-state index contributed by atoms with van der Waals surface area (Å²) in [5.74, 6) is 5.18. The van der Waals surface area contributed by atoms with Crippen LogP contribution in [0.4, 0.5) is 5.69 Å². The molecule has 1 heterocycles. The summed E-state index contributed by atoms with van der Waals surface area (Å²) in [6.07, 6.45) is -0.363. The normalized spacial score (nSPS) is 21.8. The highest BCUT2D eigenvalue weighted by Crippen LogP contribution is 2.20. The van der Waals surface area contributed by atoms with Crippen LogP contribution in [-0.2, 0) is 9.53 Å². The molecule has 0 aromatic heterocycles. The van der Waals surface area contributed by atoms with Crippen LogP contribution < -0.4 is 0 Å². The van der Waals surface area contributed by atoms with Gasteiger partial charge >= 0.3 is 5.97 Å². The fourth-order valence-corrected chi connectivity index (χ4v) is 1.36. The van der Waals surface area contributed by atoms with E-state index in [1.54, 1.807) is 19.1 Å². The molecule has 0 N–H and O–H groups in total. The smallest absolute Gasteiger partial charge is 0.314 e. The number of nitrogens with zero attached hydrogens (tertiary/aromatic N) is 1. The van der Waals surface area contributed by atoms with Crippen LogP contribution in [0, 0.1) is 27.9 Å². The van der Waals surface area contributed by atoms with Crippen molar-refractivity contribution in [2.24, 2.45) is 5.92 Å². The fraction of sp³-hybridized carbons (Fsp3) is 0.250. The second-order valence-electron chi connectivity index (χ2n) is 3.72. The lowest BCUT2D eigenvalue weighted by Crippen LogP contribution is -2.42. The van der Waals surface area contributed by atoms with Crippen LogP contribution in [0.25, 0.3) is 0 Å². The number of esters is 1. The summed E-state index contributed by atoms with van der Waals surface area (Å²) in [6, 6.07) is 5.91. The van der Waals surface area contributed by atoms with Crippen molar-refractivity contribution < 1.29 is 14.5 Å². The molecule has 0 bridgehead atoms. The summed E-state index contributed by atoms with van der Waals surface area (Å²) in [4.78, 5) is 20.8. The molecule has 0 saturated carbocycles. The van der Waals surface area contributed by atoms with E-state index < -0.39 is 4.92 Å². The highest BCUT2D eigenvalue weighted by atomic mass is 16.6. The van der Waals surface area contributed by atoms with Crippen molar-refractivity contribution in [3.8, 4) is 11.8 Å². The molecule has 0 spiro atoms. The number of cyclic esters (lactones) is 1. The molecule has 1 aromatic carbocycles. The standard InChI is InChI=1S/C12H9NO4/c1-8-11(17-12(8)14)7-4-9-2-5-10(6-3-9)13(15)16/h2-3,5-6,8,11H,1H3/t8-,11+/m1/s1. The van der Waals surface area contributed by atoms with Gasteiger partial charge in [-0.3, -0.25) is 14.9 Å². The zero-order valence-electron chi connectivity index (χ0n) is 9.04. The number of hydrogen-bond donors (Lipinski definition) is 0. The van der Waals surface area contributed by atoms with Gasteiger partial charge in [0.25, 0.3) is 5.69 Å². The first-order chi connectivity index (χ1) is 8.08. The van der Waals surface area contributed by atoms with Crippen molar-refractivity contribution in [2.45, 2.75) is 13.0 Å². The third-order valence-electron chi connectivity index (χ3n) is 2.51. The minimum absolute atomic E-state index is 0.0268. The van der Waals surface area contributed by atoms with Crippen LogP contribution in [0.2, 0.25) is 0 Å². The van der Waals surface area contributed by atoms with E-state index in [-0.39, 0.29) is 23.7 Å². The Morgan fingerprint density at radius 2 is 2.00 bits per heavy atom. The van der Waals surface area contributed by atoms with Crippen molar-refractivity contribution in [1.82, 2.24) is 0 Å². The number of ether oxygens (including phenoxy) is 1. The van der Waals surface area contributed by atoms with Gasteiger partial charge in [-0.25, -0.2) is 0 Å². The van der Waals surface area contributed by atoms with Crippen molar-refractivity contribution in [1.29, 1.82) is 0 Å². The summed E-state index contributed by atoms with van der Waals surface area (Å²) in [7, 11) is 0. The molecule has 1 fully saturated rings. The molecule has 1 saturated heterocycles. The summed E-state index contributed by atoms with van der Waals surface area (Å²) >= 11 is 0. The third kappa shape index (κ3) is 2.26. The molecule has 0 aliphatic carbocycles. The van der Waals surface area contributed by atoms with Crippen LogP contribution in [0.3, 0.4) is 0 Å². The Morgan fingerprint density at radius 1 is 1.35 bits per heavy atom. The molecule has 0 radical (unpaired) electrons. The largest absolute Gasteiger partial charge is 0.448 e. The molecule has 86 valence electrons. The highest BCUT2D eigenvalue weighted by Gasteiger charge is 2.37. The topological polar surface area (TPSA) is 69.4 Å². The second-order valence-corrected chi connectivity index (χ2v) is 3.72. The summed E-state index contributed by atoms with van der Waals surface area (Å²) in [5.41, 5.74) is 0.685. The number of hydrogen-bond acceptors (Lipinski definition) is 4. The minimum Gasteiger partial charge on any atom is -0.448 e. The van der Waals surface area contributed by atoms with Crippen LogP contribution in [0.1, 0.15) is 12.5 Å². The molecule has 1 aliphatic rings. The number of carbonyl (C=O) groups is 1. The first kappa shape index (κ1) is 11.1. The molecular weight excluding hydrogens is 222 g/mol. The van der Waals surface area contributed by atoms with Gasteiger partial charge in [0.1, 0.15) is 5.92 Å². The minimum atomic E-state index is -0.465. The fourth-order valence-electron chi connectivity index (χ4n) is 1.36. The van der Waals surface area contributed by atoms with Gasteiger partial charge in [-0.1, -0.05) is 11.8 Å². The van der Waals surface area contributed by atoms with Gasteiger partial charge in [-0.2, -0.15) is 0 Å². The second kappa shape index (κ2) is 4.26. The van der Waals surface area contributed by atoms with E-state index >= 15 is 0 Å². The first-order valence-corrected chi connectivity index (χ1v) is 5.04. The number of carbonyl (C=O) groups excluding carboxylic acids is 1. The monoisotopic (exact) mass is 231 g/mol. The molecule has 1 aromatic rings. The molecule has 17 heavy (non-hydrogen) atoms. The first-order valence-electron chi connectivity index (χ1n) is 5.04. The molecular formula is C12H9NO4. The maximum atomic E-state index is 10.8. The predicted octanol–water partition coefficient (Wildman–Crippen LogP) is 1.51. The van der Waals surface area contributed by atoms with Gasteiger partial charge in [0.2, 0.25) is 0 Å². The summed E-state index contributed by atoms with van der Waals surface area (Å²) in [6.45, 7) is 1.75.